The van der Waals surface area contributed by atoms with E-state index in [-0.39, 0.29) is 12.0 Å². The fraction of sp³-hybridized carbons (Fsp3) is 0.900. The van der Waals surface area contributed by atoms with Gasteiger partial charge in [-0.15, -0.1) is 0 Å². The van der Waals surface area contributed by atoms with Gasteiger partial charge in [0.15, 0.2) is 0 Å². The van der Waals surface area contributed by atoms with Crippen LogP contribution in [-0.4, -0.2) is 57.8 Å². The summed E-state index contributed by atoms with van der Waals surface area (Å²) < 4.78 is 5.06. The van der Waals surface area contributed by atoms with Crippen molar-refractivity contribution in [1.29, 1.82) is 0 Å². The lowest BCUT2D eigenvalue weighted by Gasteiger charge is -2.20. The van der Waals surface area contributed by atoms with E-state index in [0.717, 1.165) is 19.5 Å². The number of amides is 1. The first-order chi connectivity index (χ1) is 7.15. The first kappa shape index (κ1) is 14.3. The lowest BCUT2D eigenvalue weighted by molar-refractivity contribution is -0.132. The Hall–Kier alpha value is -0.650. The molecule has 0 radical (unpaired) electrons. The summed E-state index contributed by atoms with van der Waals surface area (Å²) in [5.41, 5.74) is 5.45. The fourth-order valence-corrected chi connectivity index (χ4v) is 1.23. The van der Waals surface area contributed by atoms with Gasteiger partial charge in [-0.25, -0.2) is 0 Å². The number of carbonyl (C=O) groups excluding carboxylic acids is 1. The van der Waals surface area contributed by atoms with Gasteiger partial charge in [-0.3, -0.25) is 4.79 Å². The minimum absolute atomic E-state index is 0.0865. The van der Waals surface area contributed by atoms with Gasteiger partial charge in [0.1, 0.15) is 0 Å². The number of methoxy groups -OCH3 is 1. The average Bonchev–Trinajstić information content (AvgIpc) is 2.25. The maximum atomic E-state index is 11.6. The van der Waals surface area contributed by atoms with Gasteiger partial charge >= 0.3 is 0 Å². The molecule has 0 aliphatic carbocycles. The SMILES string of the molecule is CNCCCN(C)C(=O)CC(CN)OC. The van der Waals surface area contributed by atoms with Crippen molar-refractivity contribution in [2.45, 2.75) is 18.9 Å². The van der Waals surface area contributed by atoms with Gasteiger partial charge in [0.05, 0.1) is 12.5 Å². The van der Waals surface area contributed by atoms with Crippen LogP contribution < -0.4 is 11.1 Å². The Morgan fingerprint density at radius 3 is 2.73 bits per heavy atom. The Kier molecular flexibility index (Phi) is 8.27. The highest BCUT2D eigenvalue weighted by Gasteiger charge is 2.14. The van der Waals surface area contributed by atoms with E-state index in [2.05, 4.69) is 5.32 Å². The molecule has 0 fully saturated rings. The van der Waals surface area contributed by atoms with Crippen LogP contribution >= 0.6 is 0 Å². The van der Waals surface area contributed by atoms with Crippen LogP contribution in [0.4, 0.5) is 0 Å². The third kappa shape index (κ3) is 6.43. The molecule has 90 valence electrons. The average molecular weight is 217 g/mol. The Balaban J connectivity index is 3.77. The van der Waals surface area contributed by atoms with Crippen molar-refractivity contribution in [2.24, 2.45) is 5.73 Å². The molecule has 0 aliphatic heterocycles. The molecule has 0 heterocycles. The van der Waals surface area contributed by atoms with Crippen LogP contribution in [0.5, 0.6) is 0 Å². The highest BCUT2D eigenvalue weighted by molar-refractivity contribution is 5.76. The summed E-state index contributed by atoms with van der Waals surface area (Å²) in [6, 6.07) is 0. The first-order valence-electron chi connectivity index (χ1n) is 5.27. The molecule has 0 rings (SSSR count). The second kappa shape index (κ2) is 8.64. The minimum Gasteiger partial charge on any atom is -0.380 e. The van der Waals surface area contributed by atoms with Crippen LogP contribution in [0.15, 0.2) is 0 Å². The van der Waals surface area contributed by atoms with Crippen molar-refractivity contribution in [2.75, 3.05) is 40.8 Å². The van der Waals surface area contributed by atoms with Gasteiger partial charge < -0.3 is 20.7 Å². The van der Waals surface area contributed by atoms with E-state index in [1.165, 1.54) is 0 Å². The molecular weight excluding hydrogens is 194 g/mol. The van der Waals surface area contributed by atoms with E-state index in [9.17, 15) is 4.79 Å². The molecule has 0 aromatic heterocycles. The second-order valence-corrected chi connectivity index (χ2v) is 3.57. The molecule has 5 nitrogen and oxygen atoms in total. The summed E-state index contributed by atoms with van der Waals surface area (Å²) in [5, 5.41) is 3.04. The molecular formula is C10H23N3O2. The molecule has 0 bridgehead atoms. The van der Waals surface area contributed by atoms with E-state index in [4.69, 9.17) is 10.5 Å². The molecule has 3 N–H and O–H groups in total. The minimum atomic E-state index is -0.163. The molecule has 0 aromatic rings. The van der Waals surface area contributed by atoms with Crippen LogP contribution in [0.2, 0.25) is 0 Å². The number of nitrogens with two attached hydrogens (primary N) is 1. The van der Waals surface area contributed by atoms with Crippen LogP contribution in [0, 0.1) is 0 Å². The van der Waals surface area contributed by atoms with Crippen LogP contribution in [0.3, 0.4) is 0 Å². The zero-order valence-electron chi connectivity index (χ0n) is 9.95. The summed E-state index contributed by atoms with van der Waals surface area (Å²) in [5.74, 6) is 0.0865. The Labute approximate surface area is 91.9 Å². The maximum Gasteiger partial charge on any atom is 0.224 e. The number of rotatable bonds is 8. The second-order valence-electron chi connectivity index (χ2n) is 3.57. The van der Waals surface area contributed by atoms with Gasteiger partial charge in [0, 0.05) is 27.2 Å². The highest BCUT2D eigenvalue weighted by Crippen LogP contribution is 1.99. The predicted octanol–water partition coefficient (Wildman–Crippen LogP) is -0.582. The highest BCUT2D eigenvalue weighted by atomic mass is 16.5. The van der Waals surface area contributed by atoms with Crippen molar-refractivity contribution in [3.05, 3.63) is 0 Å². The van der Waals surface area contributed by atoms with Gasteiger partial charge in [0.25, 0.3) is 0 Å². The lowest BCUT2D eigenvalue weighted by Crippen LogP contribution is -2.34. The van der Waals surface area contributed by atoms with Gasteiger partial charge in [-0.2, -0.15) is 0 Å². The molecule has 0 aromatic carbocycles. The standard InChI is InChI=1S/C10H23N3O2/c1-12-5-4-6-13(2)10(14)7-9(8-11)15-3/h9,12H,4-8,11H2,1-3H3. The predicted molar refractivity (Wildman–Crippen MR) is 60.6 cm³/mol. The van der Waals surface area contributed by atoms with Gasteiger partial charge in [-0.05, 0) is 20.0 Å². The molecule has 0 spiro atoms. The zero-order valence-corrected chi connectivity index (χ0v) is 9.95. The van der Waals surface area contributed by atoms with Gasteiger partial charge in [-0.1, -0.05) is 0 Å². The summed E-state index contributed by atoms with van der Waals surface area (Å²) in [4.78, 5) is 13.4. The summed E-state index contributed by atoms with van der Waals surface area (Å²) in [7, 11) is 5.28. The molecule has 0 saturated carbocycles. The largest absolute Gasteiger partial charge is 0.380 e. The van der Waals surface area contributed by atoms with E-state index in [1.807, 2.05) is 7.05 Å². The fourth-order valence-electron chi connectivity index (χ4n) is 1.23. The quantitative estimate of drug-likeness (QED) is 0.534. The van der Waals surface area contributed by atoms with Gasteiger partial charge in [0.2, 0.25) is 5.91 Å². The molecule has 5 heteroatoms. The number of hydrogen-bond donors (Lipinski definition) is 2. The van der Waals surface area contributed by atoms with Crippen LogP contribution in [-0.2, 0) is 9.53 Å². The number of nitrogens with one attached hydrogen (secondary N) is 1. The Morgan fingerprint density at radius 2 is 2.27 bits per heavy atom. The lowest BCUT2D eigenvalue weighted by atomic mass is 10.2. The molecule has 0 aliphatic rings. The topological polar surface area (TPSA) is 67.6 Å². The number of hydrogen-bond acceptors (Lipinski definition) is 4. The number of ether oxygens (including phenoxy) is 1. The third-order valence-corrected chi connectivity index (χ3v) is 2.34. The first-order valence-corrected chi connectivity index (χ1v) is 5.27. The molecule has 1 amide bonds. The number of carbonyl (C=O) groups is 1. The van der Waals surface area contributed by atoms with E-state index >= 15 is 0 Å². The third-order valence-electron chi connectivity index (χ3n) is 2.34. The van der Waals surface area contributed by atoms with E-state index in [0.29, 0.717) is 13.0 Å². The smallest absolute Gasteiger partial charge is 0.224 e. The normalized spacial score (nSPS) is 12.5. The van der Waals surface area contributed by atoms with Crippen molar-refractivity contribution in [3.63, 3.8) is 0 Å². The van der Waals surface area contributed by atoms with Crippen molar-refractivity contribution in [3.8, 4) is 0 Å². The van der Waals surface area contributed by atoms with E-state index in [1.54, 1.807) is 19.1 Å². The van der Waals surface area contributed by atoms with Crippen molar-refractivity contribution < 1.29 is 9.53 Å². The monoisotopic (exact) mass is 217 g/mol. The van der Waals surface area contributed by atoms with Crippen molar-refractivity contribution in [1.82, 2.24) is 10.2 Å². The van der Waals surface area contributed by atoms with Crippen LogP contribution in [0.25, 0.3) is 0 Å². The maximum absolute atomic E-state index is 11.6. The number of nitrogens with zero attached hydrogens (tertiary/aromatic N) is 1. The molecule has 0 saturated heterocycles. The summed E-state index contributed by atoms with van der Waals surface area (Å²) >= 11 is 0. The molecule has 15 heavy (non-hydrogen) atoms. The van der Waals surface area contributed by atoms with Crippen molar-refractivity contribution >= 4 is 5.91 Å². The van der Waals surface area contributed by atoms with E-state index < -0.39 is 0 Å². The zero-order chi connectivity index (χ0) is 11.7. The molecule has 1 atom stereocenters. The summed E-state index contributed by atoms with van der Waals surface area (Å²) in [6.07, 6.45) is 1.16. The molecule has 1 unspecified atom stereocenters. The summed E-state index contributed by atoms with van der Waals surface area (Å²) in [6.45, 7) is 2.06. The van der Waals surface area contributed by atoms with Crippen LogP contribution in [0.1, 0.15) is 12.8 Å². The Bertz CT molecular complexity index is 172. The Morgan fingerprint density at radius 1 is 1.60 bits per heavy atom.